The predicted octanol–water partition coefficient (Wildman–Crippen LogP) is 3.89. The number of carbonyl (C=O) groups excluding carboxylic acids is 1. The van der Waals surface area contributed by atoms with E-state index in [0.29, 0.717) is 11.3 Å². The Labute approximate surface area is 148 Å². The number of rotatable bonds is 3. The summed E-state index contributed by atoms with van der Waals surface area (Å²) in [4.78, 5) is 12.5. The molecule has 0 radical (unpaired) electrons. The summed E-state index contributed by atoms with van der Waals surface area (Å²) in [5.74, 6) is -2.67. The minimum absolute atomic E-state index is 0.199. The van der Waals surface area contributed by atoms with Gasteiger partial charge in [-0.05, 0) is 43.0 Å². The van der Waals surface area contributed by atoms with Crippen molar-refractivity contribution in [2.24, 2.45) is 0 Å². The normalized spacial score (nSPS) is 19.7. The van der Waals surface area contributed by atoms with E-state index in [2.05, 4.69) is 10.4 Å². The van der Waals surface area contributed by atoms with Crippen molar-refractivity contribution in [2.45, 2.75) is 50.0 Å². The number of nitrogens with one attached hydrogen (secondary N) is 1. The summed E-state index contributed by atoms with van der Waals surface area (Å²) < 4.78 is 40.2. The molecule has 1 aromatic carbocycles. The van der Waals surface area contributed by atoms with Gasteiger partial charge in [0, 0.05) is 30.0 Å². The number of amides is 1. The zero-order chi connectivity index (χ0) is 18.5. The molecule has 3 N–H and O–H groups in total. The van der Waals surface area contributed by atoms with Crippen LogP contribution in [0.25, 0.3) is 11.3 Å². The van der Waals surface area contributed by atoms with Crippen LogP contribution in [0, 0.1) is 5.82 Å². The highest BCUT2D eigenvalue weighted by Gasteiger charge is 2.46. The number of anilines is 1. The van der Waals surface area contributed by atoms with Crippen LogP contribution in [0.15, 0.2) is 24.3 Å². The van der Waals surface area contributed by atoms with Gasteiger partial charge in [-0.15, -0.1) is 0 Å². The largest absolute Gasteiger partial charge is 0.383 e. The first-order valence-electron chi connectivity index (χ1n) is 8.67. The van der Waals surface area contributed by atoms with Gasteiger partial charge in [0.05, 0.1) is 5.69 Å². The molecule has 138 valence electrons. The van der Waals surface area contributed by atoms with Gasteiger partial charge in [-0.3, -0.25) is 0 Å². The second kappa shape index (κ2) is 6.03. The fourth-order valence-corrected chi connectivity index (χ4v) is 3.52. The van der Waals surface area contributed by atoms with Crippen molar-refractivity contribution in [3.05, 3.63) is 35.6 Å². The number of halogens is 3. The van der Waals surface area contributed by atoms with Gasteiger partial charge in [0.2, 0.25) is 0 Å². The molecule has 2 saturated carbocycles. The Morgan fingerprint density at radius 3 is 2.42 bits per heavy atom. The maximum atomic E-state index is 13.2. The average Bonchev–Trinajstić information content (AvgIpc) is 2.83. The number of alkyl halides is 2. The maximum absolute atomic E-state index is 13.2. The molecule has 0 spiro atoms. The van der Waals surface area contributed by atoms with Crippen molar-refractivity contribution in [2.75, 3.05) is 5.73 Å². The van der Waals surface area contributed by atoms with Gasteiger partial charge in [-0.2, -0.15) is 9.78 Å². The summed E-state index contributed by atoms with van der Waals surface area (Å²) in [7, 11) is 0. The second-order valence-corrected chi connectivity index (χ2v) is 7.10. The molecule has 0 unspecified atom stereocenters. The molecule has 8 heteroatoms. The lowest BCUT2D eigenvalue weighted by Gasteiger charge is -2.35. The van der Waals surface area contributed by atoms with E-state index < -0.39 is 18.0 Å². The first-order valence-corrected chi connectivity index (χ1v) is 8.67. The predicted molar refractivity (Wildman–Crippen MR) is 90.5 cm³/mol. The average molecular weight is 364 g/mol. The number of nitrogen functional groups attached to an aromatic ring is 1. The molecule has 1 amide bonds. The van der Waals surface area contributed by atoms with E-state index in [1.165, 1.54) is 12.1 Å². The zero-order valence-corrected chi connectivity index (χ0v) is 14.0. The number of nitrogens with two attached hydrogens (primary N) is 1. The molecule has 2 aromatic rings. The minimum Gasteiger partial charge on any atom is -0.383 e. The first-order chi connectivity index (χ1) is 12.3. The van der Waals surface area contributed by atoms with Gasteiger partial charge in [0.25, 0.3) is 5.92 Å². The Hall–Kier alpha value is -2.51. The summed E-state index contributed by atoms with van der Waals surface area (Å²) in [5.41, 5.74) is 8.17. The number of nitrogens with zero attached hydrogens (tertiary/aromatic N) is 2. The molecule has 2 aliphatic rings. The Morgan fingerprint density at radius 1 is 1.23 bits per heavy atom. The molecule has 1 heterocycles. The third kappa shape index (κ3) is 2.93. The molecule has 2 aliphatic carbocycles. The van der Waals surface area contributed by atoms with Gasteiger partial charge in [0.15, 0.2) is 0 Å². The summed E-state index contributed by atoms with van der Waals surface area (Å²) in [6.45, 7) is 0. The van der Waals surface area contributed by atoms with Crippen LogP contribution >= 0.6 is 0 Å². The van der Waals surface area contributed by atoms with E-state index in [4.69, 9.17) is 5.73 Å². The number of hydrogen-bond donors (Lipinski definition) is 2. The second-order valence-electron chi connectivity index (χ2n) is 7.10. The van der Waals surface area contributed by atoms with Crippen molar-refractivity contribution >= 4 is 11.8 Å². The van der Waals surface area contributed by atoms with E-state index in [0.717, 1.165) is 29.5 Å². The molecule has 4 rings (SSSR count). The summed E-state index contributed by atoms with van der Waals surface area (Å²) in [6.07, 6.45) is 2.21. The van der Waals surface area contributed by atoms with Crippen LogP contribution in [0.4, 0.5) is 23.8 Å². The molecule has 0 aliphatic heterocycles. The van der Waals surface area contributed by atoms with Gasteiger partial charge in [-0.25, -0.2) is 18.0 Å². The standard InChI is InChI=1S/C18H19F3N4O/c19-12-6-4-11(5-7-12)15-14(10-2-1-3-10)16(22)25(24-15)17(26)23-13-8-18(20,21)9-13/h4-7,10,13H,1-3,8-9,22H2,(H,23,26). The topological polar surface area (TPSA) is 72.9 Å². The van der Waals surface area contributed by atoms with Crippen molar-refractivity contribution in [3.63, 3.8) is 0 Å². The molecular formula is C18H19F3N4O. The summed E-state index contributed by atoms with van der Waals surface area (Å²) in [5, 5.41) is 6.88. The fourth-order valence-electron chi connectivity index (χ4n) is 3.52. The molecule has 5 nitrogen and oxygen atoms in total. The lowest BCUT2D eigenvalue weighted by Crippen LogP contribution is -2.51. The molecule has 2 fully saturated rings. The third-order valence-electron chi connectivity index (χ3n) is 5.20. The lowest BCUT2D eigenvalue weighted by molar-refractivity contribution is -0.0896. The molecule has 0 atom stereocenters. The number of carbonyl (C=O) groups is 1. The van der Waals surface area contributed by atoms with E-state index in [1.54, 1.807) is 12.1 Å². The highest BCUT2D eigenvalue weighted by Crippen LogP contribution is 2.44. The quantitative estimate of drug-likeness (QED) is 0.868. The summed E-state index contributed by atoms with van der Waals surface area (Å²) >= 11 is 0. The van der Waals surface area contributed by atoms with E-state index in [9.17, 15) is 18.0 Å². The van der Waals surface area contributed by atoms with Crippen LogP contribution in [0.3, 0.4) is 0 Å². The monoisotopic (exact) mass is 364 g/mol. The zero-order valence-electron chi connectivity index (χ0n) is 14.0. The van der Waals surface area contributed by atoms with Gasteiger partial charge >= 0.3 is 6.03 Å². The maximum Gasteiger partial charge on any atom is 0.344 e. The molecule has 26 heavy (non-hydrogen) atoms. The summed E-state index contributed by atoms with van der Waals surface area (Å²) in [6, 6.07) is 4.64. The number of aromatic nitrogens is 2. The van der Waals surface area contributed by atoms with Crippen LogP contribution < -0.4 is 11.1 Å². The molecule has 1 aromatic heterocycles. The van der Waals surface area contributed by atoms with E-state index in [-0.39, 0.29) is 30.4 Å². The number of hydrogen-bond acceptors (Lipinski definition) is 3. The van der Waals surface area contributed by atoms with Gasteiger partial charge in [-0.1, -0.05) is 6.42 Å². The SMILES string of the molecule is Nc1c(C2CCC2)c(-c2ccc(F)cc2)nn1C(=O)NC1CC(F)(F)C1. The van der Waals surface area contributed by atoms with Crippen molar-refractivity contribution in [3.8, 4) is 11.3 Å². The highest BCUT2D eigenvalue weighted by molar-refractivity contribution is 5.83. The highest BCUT2D eigenvalue weighted by atomic mass is 19.3. The smallest absolute Gasteiger partial charge is 0.344 e. The van der Waals surface area contributed by atoms with Crippen LogP contribution in [0.2, 0.25) is 0 Å². The molecule has 0 bridgehead atoms. The Bertz CT molecular complexity index is 835. The van der Waals surface area contributed by atoms with Gasteiger partial charge in [0.1, 0.15) is 11.6 Å². The molecular weight excluding hydrogens is 345 g/mol. The van der Waals surface area contributed by atoms with Crippen LogP contribution in [-0.4, -0.2) is 27.8 Å². The number of benzene rings is 1. The van der Waals surface area contributed by atoms with Gasteiger partial charge < -0.3 is 11.1 Å². The lowest BCUT2D eigenvalue weighted by atomic mass is 9.79. The van der Waals surface area contributed by atoms with Crippen LogP contribution in [0.1, 0.15) is 43.6 Å². The van der Waals surface area contributed by atoms with Crippen molar-refractivity contribution in [1.29, 1.82) is 0 Å². The Kier molecular flexibility index (Phi) is 3.93. The minimum atomic E-state index is -2.72. The Balaban J connectivity index is 1.65. The first kappa shape index (κ1) is 16.9. The van der Waals surface area contributed by atoms with Crippen molar-refractivity contribution < 1.29 is 18.0 Å². The third-order valence-corrected chi connectivity index (χ3v) is 5.20. The van der Waals surface area contributed by atoms with E-state index in [1.807, 2.05) is 0 Å². The molecule has 0 saturated heterocycles. The van der Waals surface area contributed by atoms with Crippen LogP contribution in [-0.2, 0) is 0 Å². The van der Waals surface area contributed by atoms with E-state index >= 15 is 0 Å². The van der Waals surface area contributed by atoms with Crippen molar-refractivity contribution in [1.82, 2.24) is 15.1 Å². The Morgan fingerprint density at radius 2 is 1.88 bits per heavy atom. The van der Waals surface area contributed by atoms with Crippen LogP contribution in [0.5, 0.6) is 0 Å². The fraction of sp³-hybridized carbons (Fsp3) is 0.444.